The Balaban J connectivity index is 2.43. The zero-order valence-corrected chi connectivity index (χ0v) is 7.64. The van der Waals surface area contributed by atoms with E-state index < -0.39 is 0 Å². The number of hydrogen-bond acceptors (Lipinski definition) is 3. The molecule has 2 aromatic heterocycles. The molecule has 0 aromatic carbocycles. The van der Waals surface area contributed by atoms with Gasteiger partial charge in [-0.1, -0.05) is 0 Å². The smallest absolute Gasteiger partial charge is 0.174 e. The zero-order valence-electron chi connectivity index (χ0n) is 6.05. The van der Waals surface area contributed by atoms with Crippen LogP contribution in [0.25, 0.3) is 5.82 Å². The molecule has 5 heteroatoms. The summed E-state index contributed by atoms with van der Waals surface area (Å²) in [5.74, 6) is 0.711. The highest BCUT2D eigenvalue weighted by Crippen LogP contribution is 2.08. The van der Waals surface area contributed by atoms with Crippen molar-refractivity contribution < 1.29 is 0 Å². The molecule has 2 aromatic rings. The number of aromatic nitrogens is 4. The molecule has 4 nitrogen and oxygen atoms in total. The lowest BCUT2D eigenvalue weighted by Gasteiger charge is -1.96. The Morgan fingerprint density at radius 2 is 1.92 bits per heavy atom. The third-order valence-electron chi connectivity index (χ3n) is 1.34. The van der Waals surface area contributed by atoms with E-state index in [1.54, 1.807) is 18.6 Å². The lowest BCUT2D eigenvalue weighted by molar-refractivity contribution is 0.729. The van der Waals surface area contributed by atoms with Crippen LogP contribution in [0.2, 0.25) is 0 Å². The molecule has 0 unspecified atom stereocenters. The predicted octanol–water partition coefficient (Wildman–Crippen LogP) is 1.42. The lowest BCUT2D eigenvalue weighted by atomic mass is 10.5. The fourth-order valence-corrected chi connectivity index (χ4v) is 1.05. The van der Waals surface area contributed by atoms with Crippen LogP contribution in [0.1, 0.15) is 0 Å². The molecule has 0 bridgehead atoms. The highest BCUT2D eigenvalue weighted by atomic mass is 79.9. The van der Waals surface area contributed by atoms with Gasteiger partial charge in [-0.25, -0.2) is 4.98 Å². The molecule has 0 saturated heterocycles. The summed E-state index contributed by atoms with van der Waals surface area (Å²) in [5, 5.41) is 7.89. The Morgan fingerprint density at radius 3 is 2.50 bits per heavy atom. The van der Waals surface area contributed by atoms with E-state index in [0.29, 0.717) is 5.82 Å². The van der Waals surface area contributed by atoms with Gasteiger partial charge in [0.2, 0.25) is 0 Å². The number of halogens is 1. The van der Waals surface area contributed by atoms with Crippen molar-refractivity contribution in [1.82, 2.24) is 20.0 Å². The van der Waals surface area contributed by atoms with Gasteiger partial charge in [0.05, 0.1) is 12.4 Å². The zero-order chi connectivity index (χ0) is 8.39. The maximum Gasteiger partial charge on any atom is 0.174 e. The number of pyridine rings is 1. The standard InChI is InChI=1S/C7H5BrN4/c8-6-1-2-7(9-5-6)12-10-3-4-11-12/h1-5H. The van der Waals surface area contributed by atoms with Crippen molar-refractivity contribution in [2.45, 2.75) is 0 Å². The molecule has 0 aliphatic carbocycles. The average molecular weight is 225 g/mol. The van der Waals surface area contributed by atoms with Gasteiger partial charge in [-0.05, 0) is 28.1 Å². The summed E-state index contributed by atoms with van der Waals surface area (Å²) in [6.45, 7) is 0. The van der Waals surface area contributed by atoms with Crippen molar-refractivity contribution in [2.75, 3.05) is 0 Å². The number of rotatable bonds is 1. The first-order chi connectivity index (χ1) is 5.86. The normalized spacial score (nSPS) is 10.1. The first-order valence-corrected chi connectivity index (χ1v) is 4.14. The van der Waals surface area contributed by atoms with Crippen molar-refractivity contribution >= 4 is 15.9 Å². The highest BCUT2D eigenvalue weighted by Gasteiger charge is 1.96. The highest BCUT2D eigenvalue weighted by molar-refractivity contribution is 9.10. The van der Waals surface area contributed by atoms with Crippen molar-refractivity contribution in [1.29, 1.82) is 0 Å². The van der Waals surface area contributed by atoms with Crippen LogP contribution in [-0.2, 0) is 0 Å². The molecule has 0 spiro atoms. The van der Waals surface area contributed by atoms with Gasteiger partial charge in [0.15, 0.2) is 5.82 Å². The molecule has 0 aliphatic rings. The minimum Gasteiger partial charge on any atom is -0.234 e. The van der Waals surface area contributed by atoms with Crippen molar-refractivity contribution in [3.8, 4) is 5.82 Å². The summed E-state index contributed by atoms with van der Waals surface area (Å²) >= 11 is 3.30. The van der Waals surface area contributed by atoms with Gasteiger partial charge in [0.1, 0.15) is 0 Å². The van der Waals surface area contributed by atoms with Crippen molar-refractivity contribution in [3.05, 3.63) is 35.2 Å². The van der Waals surface area contributed by atoms with Crippen LogP contribution in [0, 0.1) is 0 Å². The molecular weight excluding hydrogens is 220 g/mol. The van der Waals surface area contributed by atoms with Gasteiger partial charge in [-0.2, -0.15) is 10.2 Å². The lowest BCUT2D eigenvalue weighted by Crippen LogP contribution is -2.00. The molecule has 12 heavy (non-hydrogen) atoms. The molecule has 0 atom stereocenters. The molecule has 0 saturated carbocycles. The van der Waals surface area contributed by atoms with Gasteiger partial charge in [0, 0.05) is 10.7 Å². The molecule has 0 radical (unpaired) electrons. The van der Waals surface area contributed by atoms with E-state index in [0.717, 1.165) is 4.47 Å². The monoisotopic (exact) mass is 224 g/mol. The van der Waals surface area contributed by atoms with Gasteiger partial charge in [0.25, 0.3) is 0 Å². The van der Waals surface area contributed by atoms with E-state index in [2.05, 4.69) is 31.1 Å². The fourth-order valence-electron chi connectivity index (χ4n) is 0.820. The molecule has 0 N–H and O–H groups in total. The van der Waals surface area contributed by atoms with Crippen LogP contribution in [0.4, 0.5) is 0 Å². The topological polar surface area (TPSA) is 43.6 Å². The maximum absolute atomic E-state index is 4.11. The summed E-state index contributed by atoms with van der Waals surface area (Å²) in [4.78, 5) is 5.58. The van der Waals surface area contributed by atoms with E-state index in [1.807, 2.05) is 12.1 Å². The minimum absolute atomic E-state index is 0.711. The quantitative estimate of drug-likeness (QED) is 0.737. The van der Waals surface area contributed by atoms with Crippen LogP contribution in [0.15, 0.2) is 35.2 Å². The minimum atomic E-state index is 0.711. The van der Waals surface area contributed by atoms with Gasteiger partial charge in [-0.3, -0.25) is 0 Å². The van der Waals surface area contributed by atoms with E-state index >= 15 is 0 Å². The third-order valence-corrected chi connectivity index (χ3v) is 1.80. The largest absolute Gasteiger partial charge is 0.234 e. The van der Waals surface area contributed by atoms with Gasteiger partial charge in [-0.15, -0.1) is 4.80 Å². The SMILES string of the molecule is Brc1ccc(-n2nccn2)nc1. The fraction of sp³-hybridized carbons (Fsp3) is 0. The van der Waals surface area contributed by atoms with E-state index in [-0.39, 0.29) is 0 Å². The Bertz CT molecular complexity index is 353. The Labute approximate surface area is 77.4 Å². The number of hydrogen-bond donors (Lipinski definition) is 0. The number of nitrogens with zero attached hydrogens (tertiary/aromatic N) is 4. The molecule has 0 aliphatic heterocycles. The van der Waals surface area contributed by atoms with Crippen LogP contribution >= 0.6 is 15.9 Å². The van der Waals surface area contributed by atoms with Crippen molar-refractivity contribution in [2.24, 2.45) is 0 Å². The van der Waals surface area contributed by atoms with Gasteiger partial charge < -0.3 is 0 Å². The molecule has 2 heterocycles. The molecule has 60 valence electrons. The molecule has 0 amide bonds. The summed E-state index contributed by atoms with van der Waals surface area (Å²) in [6.07, 6.45) is 4.94. The van der Waals surface area contributed by atoms with Crippen LogP contribution in [0.5, 0.6) is 0 Å². The first kappa shape index (κ1) is 7.42. The predicted molar refractivity (Wildman–Crippen MR) is 46.9 cm³/mol. The summed E-state index contributed by atoms with van der Waals surface area (Å²) in [6, 6.07) is 3.73. The van der Waals surface area contributed by atoms with Crippen LogP contribution in [0.3, 0.4) is 0 Å². The van der Waals surface area contributed by atoms with Gasteiger partial charge >= 0.3 is 0 Å². The Hall–Kier alpha value is -1.23. The average Bonchev–Trinajstić information content (AvgIpc) is 2.58. The Morgan fingerprint density at radius 1 is 1.17 bits per heavy atom. The third kappa shape index (κ3) is 1.35. The second-order valence-corrected chi connectivity index (χ2v) is 3.07. The molecule has 2 rings (SSSR count). The van der Waals surface area contributed by atoms with E-state index in [4.69, 9.17) is 0 Å². The van der Waals surface area contributed by atoms with Crippen LogP contribution < -0.4 is 0 Å². The summed E-state index contributed by atoms with van der Waals surface area (Å²) < 4.78 is 0.943. The second kappa shape index (κ2) is 3.02. The maximum atomic E-state index is 4.11. The van der Waals surface area contributed by atoms with E-state index in [1.165, 1.54) is 4.80 Å². The van der Waals surface area contributed by atoms with Crippen LogP contribution in [-0.4, -0.2) is 20.0 Å². The molecular formula is C7H5BrN4. The Kier molecular flexibility index (Phi) is 1.87. The van der Waals surface area contributed by atoms with E-state index in [9.17, 15) is 0 Å². The van der Waals surface area contributed by atoms with Crippen molar-refractivity contribution in [3.63, 3.8) is 0 Å². The summed E-state index contributed by atoms with van der Waals surface area (Å²) in [5.41, 5.74) is 0. The molecule has 0 fully saturated rings. The second-order valence-electron chi connectivity index (χ2n) is 2.15. The summed E-state index contributed by atoms with van der Waals surface area (Å²) in [7, 11) is 0. The first-order valence-electron chi connectivity index (χ1n) is 3.34.